The molecule has 0 aliphatic carbocycles. The number of carbonyl (C=O) groups excluding carboxylic acids is 2. The number of methoxy groups -OCH3 is 1. The summed E-state index contributed by atoms with van der Waals surface area (Å²) in [6.45, 7) is 0. The second-order valence-electron chi connectivity index (χ2n) is 9.25. The fourth-order valence-corrected chi connectivity index (χ4v) is 4.46. The lowest BCUT2D eigenvalue weighted by Gasteiger charge is -2.18. The van der Waals surface area contributed by atoms with E-state index in [0.29, 0.717) is 33.2 Å². The van der Waals surface area contributed by atoms with Gasteiger partial charge in [-0.2, -0.15) is 14.9 Å². The summed E-state index contributed by atoms with van der Waals surface area (Å²) in [7, 11) is 1.29. The summed E-state index contributed by atoms with van der Waals surface area (Å²) >= 11 is 6.20. The van der Waals surface area contributed by atoms with Gasteiger partial charge >= 0.3 is 6.09 Å². The molecule has 11 nitrogen and oxygen atoms in total. The highest BCUT2D eigenvalue weighted by atomic mass is 35.5. The SMILES string of the molecule is COC(=O)Nc1ccc(-c2cnnc([C@H](Cc3cccc(F)c3)NC(=O)/C=C/c3cc(Cl)ccc3-n3cnnn3)c2)cc1. The summed E-state index contributed by atoms with van der Waals surface area (Å²) in [4.78, 5) is 24.7. The number of hydrogen-bond donors (Lipinski definition) is 2. The Hall–Kier alpha value is -5.49. The van der Waals surface area contributed by atoms with E-state index in [9.17, 15) is 14.0 Å². The third-order valence-electron chi connectivity index (χ3n) is 6.33. The quantitative estimate of drug-likeness (QED) is 0.221. The Morgan fingerprint density at radius 3 is 2.63 bits per heavy atom. The van der Waals surface area contributed by atoms with Gasteiger partial charge in [0.1, 0.15) is 12.1 Å². The van der Waals surface area contributed by atoms with Crippen molar-refractivity contribution in [1.82, 2.24) is 35.7 Å². The zero-order chi connectivity index (χ0) is 30.2. The molecule has 3 aromatic carbocycles. The van der Waals surface area contributed by atoms with Crippen LogP contribution in [0.25, 0.3) is 22.9 Å². The van der Waals surface area contributed by atoms with Gasteiger partial charge in [0.2, 0.25) is 5.91 Å². The second-order valence-corrected chi connectivity index (χ2v) is 9.69. The number of aromatic nitrogens is 6. The summed E-state index contributed by atoms with van der Waals surface area (Å²) in [6, 6.07) is 19.5. The number of amides is 2. The van der Waals surface area contributed by atoms with E-state index in [4.69, 9.17) is 11.6 Å². The van der Waals surface area contributed by atoms with Gasteiger partial charge in [-0.05, 0) is 82.6 Å². The second kappa shape index (κ2) is 13.4. The number of halogens is 2. The van der Waals surface area contributed by atoms with Gasteiger partial charge in [0.15, 0.2) is 0 Å². The maximum atomic E-state index is 14.0. The summed E-state index contributed by atoms with van der Waals surface area (Å²) in [6.07, 6.45) is 5.67. The van der Waals surface area contributed by atoms with E-state index in [2.05, 4.69) is 41.1 Å². The van der Waals surface area contributed by atoms with Crippen molar-refractivity contribution in [2.75, 3.05) is 12.4 Å². The zero-order valence-electron chi connectivity index (χ0n) is 22.7. The lowest BCUT2D eigenvalue weighted by molar-refractivity contribution is -0.117. The molecule has 43 heavy (non-hydrogen) atoms. The van der Waals surface area contributed by atoms with E-state index in [-0.39, 0.29) is 12.2 Å². The first kappa shape index (κ1) is 29.0. The molecule has 2 N–H and O–H groups in total. The monoisotopic (exact) mass is 598 g/mol. The molecular weight excluding hydrogens is 575 g/mol. The van der Waals surface area contributed by atoms with Crippen LogP contribution >= 0.6 is 11.6 Å². The lowest BCUT2D eigenvalue weighted by Crippen LogP contribution is -2.29. The van der Waals surface area contributed by atoms with Crippen LogP contribution in [0.2, 0.25) is 5.02 Å². The Morgan fingerprint density at radius 1 is 1.05 bits per heavy atom. The van der Waals surface area contributed by atoms with Crippen molar-refractivity contribution in [2.45, 2.75) is 12.5 Å². The Kier molecular flexibility index (Phi) is 9.08. The number of tetrazole rings is 1. The highest BCUT2D eigenvalue weighted by Gasteiger charge is 2.18. The number of rotatable bonds is 9. The molecule has 5 aromatic rings. The first-order valence-electron chi connectivity index (χ1n) is 12.9. The molecule has 0 bridgehead atoms. The van der Waals surface area contributed by atoms with Crippen molar-refractivity contribution in [1.29, 1.82) is 0 Å². The van der Waals surface area contributed by atoms with Crippen LogP contribution in [0.1, 0.15) is 22.9 Å². The first-order valence-corrected chi connectivity index (χ1v) is 13.3. The van der Waals surface area contributed by atoms with Gasteiger partial charge in [-0.15, -0.1) is 5.10 Å². The minimum absolute atomic E-state index is 0.254. The van der Waals surface area contributed by atoms with Crippen LogP contribution in [-0.2, 0) is 16.0 Å². The van der Waals surface area contributed by atoms with Gasteiger partial charge in [-0.25, -0.2) is 9.18 Å². The molecule has 0 radical (unpaired) electrons. The predicted molar refractivity (Wildman–Crippen MR) is 158 cm³/mol. The van der Waals surface area contributed by atoms with E-state index >= 15 is 0 Å². The zero-order valence-corrected chi connectivity index (χ0v) is 23.4. The van der Waals surface area contributed by atoms with Crippen molar-refractivity contribution in [3.8, 4) is 16.8 Å². The predicted octanol–water partition coefficient (Wildman–Crippen LogP) is 5.20. The van der Waals surface area contributed by atoms with Crippen LogP contribution in [0.15, 0.2) is 91.4 Å². The molecule has 2 aromatic heterocycles. The van der Waals surface area contributed by atoms with E-state index in [1.807, 2.05) is 12.1 Å². The molecular formula is C30H24ClFN8O3. The molecule has 0 fully saturated rings. The Balaban J connectivity index is 1.41. The third kappa shape index (κ3) is 7.63. The molecule has 216 valence electrons. The first-order chi connectivity index (χ1) is 20.9. The largest absolute Gasteiger partial charge is 0.453 e. The molecule has 0 unspecified atom stereocenters. The average Bonchev–Trinajstić information content (AvgIpc) is 3.55. The summed E-state index contributed by atoms with van der Waals surface area (Å²) < 4.78 is 20.1. The van der Waals surface area contributed by atoms with Gasteiger partial charge < -0.3 is 10.1 Å². The molecule has 0 aliphatic heterocycles. The van der Waals surface area contributed by atoms with Gasteiger partial charge in [0, 0.05) is 27.9 Å². The molecule has 0 aliphatic rings. The van der Waals surface area contributed by atoms with Crippen LogP contribution in [0.3, 0.4) is 0 Å². The maximum absolute atomic E-state index is 14.0. The molecule has 0 spiro atoms. The third-order valence-corrected chi connectivity index (χ3v) is 6.56. The molecule has 5 rings (SSSR count). The highest BCUT2D eigenvalue weighted by Crippen LogP contribution is 2.25. The number of nitrogens with zero attached hydrogens (tertiary/aromatic N) is 6. The number of ether oxygens (including phenoxy) is 1. The van der Waals surface area contributed by atoms with Crippen molar-refractivity contribution in [3.05, 3.63) is 119 Å². The van der Waals surface area contributed by atoms with Crippen molar-refractivity contribution in [3.63, 3.8) is 0 Å². The smallest absolute Gasteiger partial charge is 0.411 e. The summed E-state index contributed by atoms with van der Waals surface area (Å²) in [5.41, 5.74) is 4.47. The Labute approximate surface area is 250 Å². The number of carbonyl (C=O) groups is 2. The number of anilines is 1. The van der Waals surface area contributed by atoms with Crippen molar-refractivity contribution in [2.24, 2.45) is 0 Å². The van der Waals surface area contributed by atoms with Crippen molar-refractivity contribution >= 4 is 35.4 Å². The summed E-state index contributed by atoms with van der Waals surface area (Å²) in [5.74, 6) is -0.812. The van der Waals surface area contributed by atoms with Crippen LogP contribution < -0.4 is 10.6 Å². The molecule has 0 saturated heterocycles. The number of nitrogens with one attached hydrogen (secondary N) is 2. The van der Waals surface area contributed by atoms with Crippen LogP contribution in [0.4, 0.5) is 14.9 Å². The topological polar surface area (TPSA) is 137 Å². The highest BCUT2D eigenvalue weighted by molar-refractivity contribution is 6.30. The van der Waals surface area contributed by atoms with Gasteiger partial charge in [-0.3, -0.25) is 10.1 Å². The fraction of sp³-hybridized carbons (Fsp3) is 0.100. The Morgan fingerprint density at radius 2 is 1.88 bits per heavy atom. The molecule has 2 amide bonds. The van der Waals surface area contributed by atoms with Crippen LogP contribution in [0.5, 0.6) is 0 Å². The molecule has 1 atom stereocenters. The average molecular weight is 599 g/mol. The molecule has 13 heteroatoms. The van der Waals surface area contributed by atoms with E-state index < -0.39 is 18.0 Å². The lowest BCUT2D eigenvalue weighted by atomic mass is 10.00. The molecule has 0 saturated carbocycles. The van der Waals surface area contributed by atoms with Crippen LogP contribution in [-0.4, -0.2) is 49.5 Å². The standard InChI is InChI=1S/C30H24ClFN8O3/c1-43-30(42)35-25-9-5-20(6-10-25)22-16-27(37-33-17-22)26(14-19-3-2-4-24(32)13-19)36-29(41)12-7-21-15-23(31)8-11-28(21)40-18-34-38-39-40/h2-13,15-18,26H,14H2,1H3,(H,35,42)(H,36,41)/b12-7+/t26-/m0/s1. The van der Waals surface area contributed by atoms with Crippen LogP contribution in [0, 0.1) is 5.82 Å². The van der Waals surface area contributed by atoms with Gasteiger partial charge in [0.05, 0.1) is 30.7 Å². The van der Waals surface area contributed by atoms with E-state index in [1.165, 1.54) is 36.3 Å². The molecule has 2 heterocycles. The van der Waals surface area contributed by atoms with E-state index in [0.717, 1.165) is 11.1 Å². The fourth-order valence-electron chi connectivity index (χ4n) is 4.28. The van der Waals surface area contributed by atoms with Crippen molar-refractivity contribution < 1.29 is 18.7 Å². The van der Waals surface area contributed by atoms with Gasteiger partial charge in [0.25, 0.3) is 0 Å². The number of hydrogen-bond acceptors (Lipinski definition) is 8. The van der Waals surface area contributed by atoms with E-state index in [1.54, 1.807) is 60.8 Å². The van der Waals surface area contributed by atoms with Gasteiger partial charge in [-0.1, -0.05) is 35.9 Å². The minimum Gasteiger partial charge on any atom is -0.453 e. The number of benzene rings is 3. The normalized spacial score (nSPS) is 11.7. The minimum atomic E-state index is -0.648. The Bertz CT molecular complexity index is 1760. The maximum Gasteiger partial charge on any atom is 0.411 e. The summed E-state index contributed by atoms with van der Waals surface area (Å²) in [5, 5.41) is 25.7.